The lowest BCUT2D eigenvalue weighted by atomic mass is 9.74. The second-order valence-corrected chi connectivity index (χ2v) is 8.27. The maximum atomic E-state index is 6.60. The van der Waals surface area contributed by atoms with Crippen LogP contribution in [0, 0.1) is 5.92 Å². The summed E-state index contributed by atoms with van der Waals surface area (Å²) < 4.78 is 23.1. The topological polar surface area (TPSA) is 36.9 Å². The molecule has 0 N–H and O–H groups in total. The molecule has 1 aliphatic carbocycles. The van der Waals surface area contributed by atoms with Crippen molar-refractivity contribution in [2.45, 2.75) is 58.2 Å². The normalized spacial score (nSPS) is 27.4. The van der Waals surface area contributed by atoms with Crippen molar-refractivity contribution in [3.63, 3.8) is 0 Å². The van der Waals surface area contributed by atoms with Crippen LogP contribution in [0.3, 0.4) is 0 Å². The molecular weight excluding hydrogens is 326 g/mol. The summed E-state index contributed by atoms with van der Waals surface area (Å²) in [6.07, 6.45) is 1.14. The van der Waals surface area contributed by atoms with Crippen LogP contribution in [0.15, 0.2) is 12.1 Å². The molecule has 4 nitrogen and oxygen atoms in total. The highest BCUT2D eigenvalue weighted by Gasteiger charge is 2.53. The number of ether oxygens (including phenoxy) is 2. The average Bonchev–Trinajstić information content (AvgIpc) is 3.13. The Balaban J connectivity index is 2.00. The molecule has 0 aromatic heterocycles. The SMILES string of the molecule is COCOc1cc(Cl)c(C2C[C@H]2C)c(B2OC(C)(C)C(C)(C)O2)c1. The van der Waals surface area contributed by atoms with E-state index in [9.17, 15) is 0 Å². The van der Waals surface area contributed by atoms with E-state index in [0.29, 0.717) is 22.6 Å². The summed E-state index contributed by atoms with van der Waals surface area (Å²) in [4.78, 5) is 0. The zero-order valence-corrected chi connectivity index (χ0v) is 16.1. The van der Waals surface area contributed by atoms with Crippen LogP contribution in [0.1, 0.15) is 52.5 Å². The van der Waals surface area contributed by atoms with Crippen molar-refractivity contribution in [2.75, 3.05) is 13.9 Å². The van der Waals surface area contributed by atoms with E-state index in [2.05, 4.69) is 34.6 Å². The second-order valence-electron chi connectivity index (χ2n) is 7.87. The number of rotatable bonds is 5. The average molecular weight is 353 g/mol. The van der Waals surface area contributed by atoms with Crippen LogP contribution in [0.4, 0.5) is 0 Å². The van der Waals surface area contributed by atoms with Crippen molar-refractivity contribution < 1.29 is 18.8 Å². The Morgan fingerprint density at radius 2 is 1.79 bits per heavy atom. The number of hydrogen-bond donors (Lipinski definition) is 0. The van der Waals surface area contributed by atoms with Crippen LogP contribution in [0.25, 0.3) is 0 Å². The molecule has 24 heavy (non-hydrogen) atoms. The number of hydrogen-bond acceptors (Lipinski definition) is 4. The van der Waals surface area contributed by atoms with Gasteiger partial charge in [0.05, 0.1) is 11.2 Å². The summed E-state index contributed by atoms with van der Waals surface area (Å²) in [5.74, 6) is 1.76. The van der Waals surface area contributed by atoms with E-state index in [-0.39, 0.29) is 18.0 Å². The van der Waals surface area contributed by atoms with Crippen molar-refractivity contribution in [1.82, 2.24) is 0 Å². The van der Waals surface area contributed by atoms with E-state index in [1.807, 2.05) is 12.1 Å². The zero-order chi connectivity index (χ0) is 17.7. The Labute approximate surface area is 149 Å². The summed E-state index contributed by atoms with van der Waals surface area (Å²) in [7, 11) is 1.15. The highest BCUT2D eigenvalue weighted by Crippen LogP contribution is 2.49. The molecule has 1 aliphatic heterocycles. The van der Waals surface area contributed by atoms with Gasteiger partial charge in [-0.25, -0.2) is 0 Å². The fourth-order valence-electron chi connectivity index (χ4n) is 3.10. The molecule has 1 saturated heterocycles. The van der Waals surface area contributed by atoms with Gasteiger partial charge in [-0.1, -0.05) is 18.5 Å². The van der Waals surface area contributed by atoms with Crippen LogP contribution < -0.4 is 10.2 Å². The van der Waals surface area contributed by atoms with Gasteiger partial charge in [0.1, 0.15) is 5.75 Å². The lowest BCUT2D eigenvalue weighted by Crippen LogP contribution is -2.41. The molecule has 0 amide bonds. The highest BCUT2D eigenvalue weighted by atomic mass is 35.5. The molecule has 2 aliphatic rings. The molecule has 2 atom stereocenters. The van der Waals surface area contributed by atoms with Gasteiger partial charge in [0.2, 0.25) is 0 Å². The van der Waals surface area contributed by atoms with E-state index in [1.165, 1.54) is 0 Å². The summed E-state index contributed by atoms with van der Waals surface area (Å²) >= 11 is 6.60. The summed E-state index contributed by atoms with van der Waals surface area (Å²) in [5.41, 5.74) is 1.33. The van der Waals surface area contributed by atoms with Crippen molar-refractivity contribution in [2.24, 2.45) is 5.92 Å². The van der Waals surface area contributed by atoms with Crippen LogP contribution in [0.2, 0.25) is 5.02 Å². The Kier molecular flexibility index (Phi) is 4.67. The number of benzene rings is 1. The molecule has 1 aromatic rings. The molecule has 3 rings (SSSR count). The lowest BCUT2D eigenvalue weighted by molar-refractivity contribution is 0.00578. The smallest absolute Gasteiger partial charge is 0.468 e. The summed E-state index contributed by atoms with van der Waals surface area (Å²) in [6.45, 7) is 10.6. The van der Waals surface area contributed by atoms with Gasteiger partial charge >= 0.3 is 7.12 Å². The van der Waals surface area contributed by atoms with Crippen LogP contribution in [-0.4, -0.2) is 32.2 Å². The molecule has 2 fully saturated rings. The third-order valence-electron chi connectivity index (χ3n) is 5.47. The molecule has 0 radical (unpaired) electrons. The molecule has 0 bridgehead atoms. The maximum absolute atomic E-state index is 6.60. The fraction of sp³-hybridized carbons (Fsp3) is 0.667. The summed E-state index contributed by atoms with van der Waals surface area (Å²) in [6, 6.07) is 3.84. The van der Waals surface area contributed by atoms with E-state index in [0.717, 1.165) is 17.4 Å². The minimum Gasteiger partial charge on any atom is -0.468 e. The van der Waals surface area contributed by atoms with Gasteiger partial charge in [-0.3, -0.25) is 0 Å². The highest BCUT2D eigenvalue weighted by molar-refractivity contribution is 6.63. The first-order valence-electron chi connectivity index (χ1n) is 8.47. The zero-order valence-electron chi connectivity index (χ0n) is 15.3. The standard InChI is InChI=1S/C18H26BClO4/c1-11-7-13(11)16-14(8-12(9-15(16)20)22-10-21-6)19-23-17(2,3)18(4,5)24-19/h8-9,11,13H,7,10H2,1-6H3/t11-,13?/m1/s1. The van der Waals surface area contributed by atoms with Gasteiger partial charge in [-0.15, -0.1) is 0 Å². The molecule has 6 heteroatoms. The van der Waals surface area contributed by atoms with Gasteiger partial charge in [-0.05, 0) is 69.1 Å². The molecule has 1 unspecified atom stereocenters. The van der Waals surface area contributed by atoms with E-state index in [4.69, 9.17) is 30.4 Å². The fourth-order valence-corrected chi connectivity index (χ4v) is 3.46. The quantitative estimate of drug-likeness (QED) is 0.597. The predicted molar refractivity (Wildman–Crippen MR) is 96.2 cm³/mol. The maximum Gasteiger partial charge on any atom is 0.495 e. The molecule has 1 aromatic carbocycles. The largest absolute Gasteiger partial charge is 0.495 e. The van der Waals surface area contributed by atoms with Gasteiger partial charge in [-0.2, -0.15) is 0 Å². The van der Waals surface area contributed by atoms with Crippen molar-refractivity contribution in [1.29, 1.82) is 0 Å². The van der Waals surface area contributed by atoms with Crippen molar-refractivity contribution in [3.8, 4) is 5.75 Å². The number of methoxy groups -OCH3 is 1. The number of halogens is 1. The van der Waals surface area contributed by atoms with Crippen molar-refractivity contribution in [3.05, 3.63) is 22.7 Å². The van der Waals surface area contributed by atoms with E-state index < -0.39 is 7.12 Å². The Bertz CT molecular complexity index is 616. The first-order chi connectivity index (χ1) is 11.2. The third-order valence-corrected chi connectivity index (χ3v) is 5.78. The van der Waals surface area contributed by atoms with Gasteiger partial charge in [0.25, 0.3) is 0 Å². The molecule has 1 saturated carbocycles. The third kappa shape index (κ3) is 3.19. The van der Waals surface area contributed by atoms with E-state index >= 15 is 0 Å². The molecule has 0 spiro atoms. The predicted octanol–water partition coefficient (Wildman–Crippen LogP) is 3.75. The minimum absolute atomic E-state index is 0.179. The first kappa shape index (κ1) is 18.1. The first-order valence-corrected chi connectivity index (χ1v) is 8.85. The Morgan fingerprint density at radius 1 is 1.21 bits per heavy atom. The monoisotopic (exact) mass is 352 g/mol. The van der Waals surface area contributed by atoms with Gasteiger partial charge in [0, 0.05) is 12.1 Å². The van der Waals surface area contributed by atoms with Crippen LogP contribution in [-0.2, 0) is 14.0 Å². The lowest BCUT2D eigenvalue weighted by Gasteiger charge is -2.32. The molecule has 132 valence electrons. The van der Waals surface area contributed by atoms with Gasteiger partial charge < -0.3 is 18.8 Å². The van der Waals surface area contributed by atoms with Crippen molar-refractivity contribution >= 4 is 24.2 Å². The van der Waals surface area contributed by atoms with Crippen LogP contribution in [0.5, 0.6) is 5.75 Å². The Morgan fingerprint density at radius 3 is 2.29 bits per heavy atom. The second kappa shape index (κ2) is 6.20. The van der Waals surface area contributed by atoms with Gasteiger partial charge in [0.15, 0.2) is 6.79 Å². The van der Waals surface area contributed by atoms with Crippen LogP contribution >= 0.6 is 11.6 Å². The Hall–Kier alpha value is -0.745. The minimum atomic E-state index is -0.443. The molecule has 1 heterocycles. The van der Waals surface area contributed by atoms with E-state index in [1.54, 1.807) is 7.11 Å². The molecular formula is C18H26BClO4. The summed E-state index contributed by atoms with van der Waals surface area (Å²) in [5, 5.41) is 0.711.